The zero-order chi connectivity index (χ0) is 24.2. The van der Waals surface area contributed by atoms with E-state index in [1.54, 1.807) is 24.8 Å². The second kappa shape index (κ2) is 9.57. The molecule has 1 amide bonds. The summed E-state index contributed by atoms with van der Waals surface area (Å²) in [5, 5.41) is 10.8. The van der Waals surface area contributed by atoms with E-state index in [0.717, 1.165) is 22.9 Å². The Morgan fingerprint density at radius 1 is 1.29 bits per heavy atom. The molecular weight excluding hydrogens is 432 g/mol. The van der Waals surface area contributed by atoms with Gasteiger partial charge >= 0.3 is 0 Å². The number of carbonyl (C=O) groups is 2. The molecule has 0 unspecified atom stereocenters. The Kier molecular flexibility index (Phi) is 6.39. The van der Waals surface area contributed by atoms with Crippen molar-refractivity contribution in [3.63, 3.8) is 0 Å². The van der Waals surface area contributed by atoms with Gasteiger partial charge in [-0.25, -0.2) is 9.97 Å². The second-order valence-corrected chi connectivity index (χ2v) is 7.98. The number of hydrogen-bond donors (Lipinski definition) is 3. The molecule has 0 aliphatic rings. The monoisotopic (exact) mass is 456 g/mol. The van der Waals surface area contributed by atoms with Crippen molar-refractivity contribution >= 4 is 46.0 Å². The predicted molar refractivity (Wildman–Crippen MR) is 131 cm³/mol. The highest BCUT2D eigenvalue weighted by Gasteiger charge is 2.15. The molecular formula is C24H24N8O2. The third-order valence-electron chi connectivity index (χ3n) is 5.22. The fourth-order valence-electron chi connectivity index (χ4n) is 3.22. The van der Waals surface area contributed by atoms with Gasteiger partial charge in [0.1, 0.15) is 11.2 Å². The van der Waals surface area contributed by atoms with Crippen LogP contribution in [-0.2, 0) is 4.79 Å². The number of aromatic amines is 2. The maximum atomic E-state index is 11.9. The number of nitrogens with zero attached hydrogens (tertiary/aromatic N) is 5. The van der Waals surface area contributed by atoms with Crippen molar-refractivity contribution in [2.45, 2.75) is 27.2 Å². The smallest absolute Gasteiger partial charge is 0.226 e. The molecule has 0 aliphatic carbocycles. The lowest BCUT2D eigenvalue weighted by Gasteiger charge is -2.08. The van der Waals surface area contributed by atoms with Crippen LogP contribution in [0, 0.1) is 5.92 Å². The van der Waals surface area contributed by atoms with Gasteiger partial charge in [0.2, 0.25) is 5.91 Å². The zero-order valence-corrected chi connectivity index (χ0v) is 19.1. The number of aliphatic imine (C=N–C) groups is 1. The summed E-state index contributed by atoms with van der Waals surface area (Å²) in [4.78, 5) is 43.7. The summed E-state index contributed by atoms with van der Waals surface area (Å²) in [5.41, 5.74) is 4.84. The number of imidazole rings is 1. The molecule has 0 bridgehead atoms. The predicted octanol–water partition coefficient (Wildman–Crippen LogP) is 3.82. The highest BCUT2D eigenvalue weighted by Crippen LogP contribution is 2.27. The number of allylic oxidation sites excluding steroid dienone is 2. The molecule has 4 aromatic heterocycles. The van der Waals surface area contributed by atoms with Crippen LogP contribution in [0.3, 0.4) is 0 Å². The molecule has 34 heavy (non-hydrogen) atoms. The average Bonchev–Trinajstić information content (AvgIpc) is 3.46. The molecule has 0 aliphatic heterocycles. The topological polar surface area (TPSA) is 142 Å². The van der Waals surface area contributed by atoms with Crippen LogP contribution < -0.4 is 5.32 Å². The number of nitrogens with one attached hydrogen (secondary N) is 3. The van der Waals surface area contributed by atoms with Crippen molar-refractivity contribution in [2.24, 2.45) is 10.9 Å². The number of H-pyrrole nitrogens is 2. The van der Waals surface area contributed by atoms with Gasteiger partial charge in [0.25, 0.3) is 0 Å². The minimum Gasteiger partial charge on any atom is -0.335 e. The number of fused-ring (bicyclic) bond motifs is 2. The van der Waals surface area contributed by atoms with E-state index >= 15 is 0 Å². The Hall–Kier alpha value is -4.47. The van der Waals surface area contributed by atoms with Gasteiger partial charge in [-0.15, -0.1) is 0 Å². The summed E-state index contributed by atoms with van der Waals surface area (Å²) >= 11 is 0. The van der Waals surface area contributed by atoms with E-state index in [0.29, 0.717) is 45.8 Å². The average molecular weight is 457 g/mol. The molecule has 10 nitrogen and oxygen atoms in total. The molecule has 3 N–H and O–H groups in total. The van der Waals surface area contributed by atoms with Gasteiger partial charge in [-0.3, -0.25) is 24.7 Å². The number of aromatic nitrogens is 6. The third-order valence-corrected chi connectivity index (χ3v) is 5.22. The summed E-state index contributed by atoms with van der Waals surface area (Å²) in [6.45, 7) is 9.70. The second-order valence-electron chi connectivity index (χ2n) is 7.98. The van der Waals surface area contributed by atoms with Crippen molar-refractivity contribution in [3.8, 4) is 11.5 Å². The Morgan fingerprint density at radius 3 is 2.85 bits per heavy atom. The van der Waals surface area contributed by atoms with Gasteiger partial charge in [-0.2, -0.15) is 5.10 Å². The normalized spacial score (nSPS) is 12.2. The van der Waals surface area contributed by atoms with Gasteiger partial charge in [-0.05, 0) is 18.1 Å². The van der Waals surface area contributed by atoms with Crippen LogP contribution in [0.1, 0.15) is 43.1 Å². The first kappa shape index (κ1) is 22.7. The van der Waals surface area contributed by atoms with Crippen LogP contribution in [0.5, 0.6) is 0 Å². The van der Waals surface area contributed by atoms with Crippen LogP contribution in [-0.4, -0.2) is 48.5 Å². The lowest BCUT2D eigenvalue weighted by molar-refractivity contribution is -0.123. The Bertz CT molecular complexity index is 1460. The maximum absolute atomic E-state index is 11.9. The molecule has 0 saturated heterocycles. The molecule has 4 heterocycles. The Balaban J connectivity index is 1.62. The van der Waals surface area contributed by atoms with Crippen LogP contribution in [0.4, 0.5) is 0 Å². The summed E-state index contributed by atoms with van der Waals surface area (Å²) in [7, 11) is 0. The first-order chi connectivity index (χ1) is 16.4. The van der Waals surface area contributed by atoms with Crippen LogP contribution >= 0.6 is 0 Å². The minimum atomic E-state index is -0.108. The Labute approximate surface area is 195 Å². The van der Waals surface area contributed by atoms with Gasteiger partial charge in [0.05, 0.1) is 22.7 Å². The number of aldehydes is 1. The van der Waals surface area contributed by atoms with E-state index in [2.05, 4.69) is 47.0 Å². The van der Waals surface area contributed by atoms with E-state index < -0.39 is 0 Å². The van der Waals surface area contributed by atoms with E-state index in [1.165, 1.54) is 6.20 Å². The molecule has 10 heteroatoms. The SMILES string of the molecule is C=C(C=N/C=C(\CC)NC(=O)C(C)C)c1cnc2n[nH]c(-c3nc4c(C=O)cncc4[nH]3)c2c1. The van der Waals surface area contributed by atoms with E-state index in [1.807, 2.05) is 26.8 Å². The number of amides is 1. The first-order valence-electron chi connectivity index (χ1n) is 10.8. The highest BCUT2D eigenvalue weighted by atomic mass is 16.1. The number of rotatable bonds is 8. The molecule has 0 fully saturated rings. The fourth-order valence-corrected chi connectivity index (χ4v) is 3.22. The molecule has 172 valence electrons. The molecule has 0 spiro atoms. The Morgan fingerprint density at radius 2 is 2.12 bits per heavy atom. The van der Waals surface area contributed by atoms with Gasteiger partial charge in [0.15, 0.2) is 17.8 Å². The lowest BCUT2D eigenvalue weighted by atomic mass is 10.1. The first-order valence-corrected chi connectivity index (χ1v) is 10.8. The summed E-state index contributed by atoms with van der Waals surface area (Å²) in [6, 6.07) is 1.90. The van der Waals surface area contributed by atoms with Crippen molar-refractivity contribution in [1.29, 1.82) is 0 Å². The van der Waals surface area contributed by atoms with Crippen molar-refractivity contribution in [3.05, 3.63) is 54.3 Å². The van der Waals surface area contributed by atoms with Crippen LogP contribution in [0.15, 0.2) is 48.1 Å². The van der Waals surface area contributed by atoms with E-state index in [-0.39, 0.29) is 11.8 Å². The standard InChI is InChI=1S/C24H24N8O2/c1-5-17(28-24(34)13(2)3)10-25-7-14(4)15-6-18-21(31-32-22(18)27-9-15)23-29-19-11-26-8-16(12-33)20(19)30-23/h6-13H,4-5H2,1-3H3,(H,28,34)(H,29,30)(H,27,31,32)/b17-10+,25-7?. The summed E-state index contributed by atoms with van der Waals surface area (Å²) < 4.78 is 0. The lowest BCUT2D eigenvalue weighted by Crippen LogP contribution is -2.26. The molecule has 0 atom stereocenters. The number of carbonyl (C=O) groups excluding carboxylic acids is 2. The summed E-state index contributed by atoms with van der Waals surface area (Å²) in [6.07, 6.45) is 9.35. The quantitative estimate of drug-likeness (QED) is 0.272. The zero-order valence-electron chi connectivity index (χ0n) is 19.1. The van der Waals surface area contributed by atoms with E-state index in [4.69, 9.17) is 0 Å². The molecule has 0 radical (unpaired) electrons. The van der Waals surface area contributed by atoms with Gasteiger partial charge < -0.3 is 10.3 Å². The molecule has 4 aromatic rings. The van der Waals surface area contributed by atoms with Gasteiger partial charge in [0, 0.05) is 42.0 Å². The third kappa shape index (κ3) is 4.51. The van der Waals surface area contributed by atoms with Crippen LogP contribution in [0.2, 0.25) is 0 Å². The molecule has 0 saturated carbocycles. The molecule has 4 rings (SSSR count). The fraction of sp³-hybridized carbons (Fsp3) is 0.208. The maximum Gasteiger partial charge on any atom is 0.226 e. The van der Waals surface area contributed by atoms with E-state index in [9.17, 15) is 9.59 Å². The van der Waals surface area contributed by atoms with Crippen molar-refractivity contribution < 1.29 is 9.59 Å². The summed E-state index contributed by atoms with van der Waals surface area (Å²) in [5.74, 6) is 0.359. The van der Waals surface area contributed by atoms with Crippen LogP contribution in [0.25, 0.3) is 39.2 Å². The number of hydrogen-bond acceptors (Lipinski definition) is 7. The highest BCUT2D eigenvalue weighted by molar-refractivity contribution is 6.10. The molecule has 0 aromatic carbocycles. The number of pyridine rings is 2. The minimum absolute atomic E-state index is 0.0501. The van der Waals surface area contributed by atoms with Gasteiger partial charge in [-0.1, -0.05) is 27.4 Å². The van der Waals surface area contributed by atoms with Crippen molar-refractivity contribution in [2.75, 3.05) is 0 Å². The van der Waals surface area contributed by atoms with Crippen molar-refractivity contribution in [1.82, 2.24) is 35.5 Å². The largest absolute Gasteiger partial charge is 0.335 e.